The number of hydrogen-bond donors (Lipinski definition) is 1. The average Bonchev–Trinajstić information content (AvgIpc) is 2.85. The molecule has 0 atom stereocenters. The van der Waals surface area contributed by atoms with Crippen molar-refractivity contribution in [2.45, 2.75) is 6.92 Å². The van der Waals surface area contributed by atoms with E-state index in [4.69, 9.17) is 0 Å². The number of nitrogens with zero attached hydrogens (tertiary/aromatic N) is 4. The number of rotatable bonds is 2. The van der Waals surface area contributed by atoms with E-state index in [1.54, 1.807) is 19.3 Å². The Labute approximate surface area is 115 Å². The van der Waals surface area contributed by atoms with Crippen LogP contribution in [0.25, 0.3) is 10.9 Å². The van der Waals surface area contributed by atoms with Gasteiger partial charge in [-0.2, -0.15) is 10.1 Å². The van der Waals surface area contributed by atoms with Gasteiger partial charge in [-0.05, 0) is 24.6 Å². The van der Waals surface area contributed by atoms with Crippen LogP contribution in [0, 0.1) is 6.92 Å². The number of pyridine rings is 1. The summed E-state index contributed by atoms with van der Waals surface area (Å²) in [7, 11) is 1.72. The molecule has 2 aromatic heterocycles. The molecule has 0 aliphatic rings. The van der Waals surface area contributed by atoms with Crippen molar-refractivity contribution in [2.75, 3.05) is 5.32 Å². The van der Waals surface area contributed by atoms with Gasteiger partial charge >= 0.3 is 0 Å². The van der Waals surface area contributed by atoms with Crippen molar-refractivity contribution in [1.29, 1.82) is 0 Å². The lowest BCUT2D eigenvalue weighted by molar-refractivity contribution is 0.102. The quantitative estimate of drug-likeness (QED) is 0.770. The molecule has 100 valence electrons. The van der Waals surface area contributed by atoms with Gasteiger partial charge in [0.25, 0.3) is 5.91 Å². The molecule has 0 saturated heterocycles. The highest BCUT2D eigenvalue weighted by atomic mass is 16.1. The van der Waals surface area contributed by atoms with Gasteiger partial charge in [-0.15, -0.1) is 0 Å². The molecule has 0 saturated carbocycles. The van der Waals surface area contributed by atoms with Gasteiger partial charge in [-0.1, -0.05) is 12.1 Å². The zero-order chi connectivity index (χ0) is 14.1. The first-order chi connectivity index (χ1) is 9.66. The largest absolute Gasteiger partial charge is 0.291 e. The van der Waals surface area contributed by atoms with Gasteiger partial charge in [0.1, 0.15) is 6.33 Å². The first-order valence-corrected chi connectivity index (χ1v) is 6.16. The van der Waals surface area contributed by atoms with E-state index in [-0.39, 0.29) is 5.91 Å². The SMILES string of the molecule is Cc1c(C(=O)Nc2ncnn2C)ccc2cccnc12. The second-order valence-electron chi connectivity index (χ2n) is 4.47. The smallest absolute Gasteiger partial charge is 0.258 e. The predicted octanol–water partition coefficient (Wildman–Crippen LogP) is 1.92. The molecule has 0 fully saturated rings. The van der Waals surface area contributed by atoms with Gasteiger partial charge in [-0.25, -0.2) is 4.68 Å². The summed E-state index contributed by atoms with van der Waals surface area (Å²) in [5.41, 5.74) is 2.26. The molecule has 6 nitrogen and oxygen atoms in total. The van der Waals surface area contributed by atoms with Gasteiger partial charge in [0.05, 0.1) is 5.52 Å². The van der Waals surface area contributed by atoms with Crippen LogP contribution in [-0.4, -0.2) is 25.7 Å². The normalized spacial score (nSPS) is 10.7. The Bertz CT molecular complexity index is 793. The van der Waals surface area contributed by atoms with Crippen molar-refractivity contribution in [3.05, 3.63) is 47.9 Å². The van der Waals surface area contributed by atoms with Crippen molar-refractivity contribution < 1.29 is 4.79 Å². The van der Waals surface area contributed by atoms with Crippen molar-refractivity contribution in [2.24, 2.45) is 7.05 Å². The fourth-order valence-electron chi connectivity index (χ4n) is 2.12. The molecule has 1 N–H and O–H groups in total. The summed E-state index contributed by atoms with van der Waals surface area (Å²) < 4.78 is 1.51. The summed E-state index contributed by atoms with van der Waals surface area (Å²) in [6.45, 7) is 1.89. The third kappa shape index (κ3) is 2.01. The van der Waals surface area contributed by atoms with E-state index < -0.39 is 0 Å². The lowest BCUT2D eigenvalue weighted by Gasteiger charge is -2.08. The van der Waals surface area contributed by atoms with E-state index in [9.17, 15) is 4.79 Å². The Morgan fingerprint density at radius 1 is 1.25 bits per heavy atom. The monoisotopic (exact) mass is 267 g/mol. The Balaban J connectivity index is 2.00. The molecular formula is C14H13N5O. The molecule has 0 unspecified atom stereocenters. The van der Waals surface area contributed by atoms with Gasteiger partial charge in [0.15, 0.2) is 0 Å². The highest BCUT2D eigenvalue weighted by molar-refractivity contribution is 6.07. The maximum absolute atomic E-state index is 12.3. The summed E-state index contributed by atoms with van der Waals surface area (Å²) in [6, 6.07) is 7.53. The van der Waals surface area contributed by atoms with Crippen molar-refractivity contribution in [3.8, 4) is 0 Å². The number of carbonyl (C=O) groups is 1. The molecule has 0 aliphatic heterocycles. The van der Waals surface area contributed by atoms with Crippen LogP contribution in [0.4, 0.5) is 5.95 Å². The summed E-state index contributed by atoms with van der Waals surface area (Å²) in [4.78, 5) is 20.6. The Morgan fingerprint density at radius 3 is 2.85 bits per heavy atom. The third-order valence-electron chi connectivity index (χ3n) is 3.21. The van der Waals surface area contributed by atoms with Crippen LogP contribution in [0.5, 0.6) is 0 Å². The number of anilines is 1. The molecule has 1 aromatic carbocycles. The zero-order valence-electron chi connectivity index (χ0n) is 11.2. The fraction of sp³-hybridized carbons (Fsp3) is 0.143. The minimum Gasteiger partial charge on any atom is -0.291 e. The number of fused-ring (bicyclic) bond motifs is 1. The molecule has 0 bridgehead atoms. The molecule has 20 heavy (non-hydrogen) atoms. The second kappa shape index (κ2) is 4.73. The predicted molar refractivity (Wildman–Crippen MR) is 75.4 cm³/mol. The minimum atomic E-state index is -0.217. The number of nitrogens with one attached hydrogen (secondary N) is 1. The van der Waals surface area contributed by atoms with E-state index in [1.165, 1.54) is 11.0 Å². The summed E-state index contributed by atoms with van der Waals surface area (Å²) >= 11 is 0. The number of aromatic nitrogens is 4. The number of amides is 1. The van der Waals surface area contributed by atoms with Crippen LogP contribution < -0.4 is 5.32 Å². The molecule has 6 heteroatoms. The third-order valence-corrected chi connectivity index (χ3v) is 3.21. The maximum Gasteiger partial charge on any atom is 0.258 e. The molecule has 3 aromatic rings. The number of aryl methyl sites for hydroxylation is 2. The van der Waals surface area contributed by atoms with Crippen LogP contribution in [0.15, 0.2) is 36.8 Å². The van der Waals surface area contributed by atoms with Crippen molar-refractivity contribution >= 4 is 22.8 Å². The van der Waals surface area contributed by atoms with Gasteiger partial charge < -0.3 is 0 Å². The van der Waals surface area contributed by atoms with Crippen LogP contribution in [-0.2, 0) is 7.05 Å². The minimum absolute atomic E-state index is 0.217. The molecule has 0 radical (unpaired) electrons. The molecule has 3 rings (SSSR count). The van der Waals surface area contributed by atoms with E-state index in [0.717, 1.165) is 16.5 Å². The topological polar surface area (TPSA) is 72.7 Å². The molecule has 0 spiro atoms. The van der Waals surface area contributed by atoms with E-state index >= 15 is 0 Å². The van der Waals surface area contributed by atoms with Crippen LogP contribution in [0.2, 0.25) is 0 Å². The number of benzene rings is 1. The molecular weight excluding hydrogens is 254 g/mol. The number of hydrogen-bond acceptors (Lipinski definition) is 4. The van der Waals surface area contributed by atoms with Gasteiger partial charge in [0.2, 0.25) is 5.95 Å². The lowest BCUT2D eigenvalue weighted by Crippen LogP contribution is -2.16. The number of carbonyl (C=O) groups excluding carboxylic acids is 1. The van der Waals surface area contributed by atoms with Crippen molar-refractivity contribution in [3.63, 3.8) is 0 Å². The first-order valence-electron chi connectivity index (χ1n) is 6.16. The van der Waals surface area contributed by atoms with E-state index in [1.807, 2.05) is 25.1 Å². The highest BCUT2D eigenvalue weighted by Gasteiger charge is 2.14. The lowest BCUT2D eigenvalue weighted by atomic mass is 10.0. The average molecular weight is 267 g/mol. The van der Waals surface area contributed by atoms with Crippen molar-refractivity contribution in [1.82, 2.24) is 19.7 Å². The fourth-order valence-corrected chi connectivity index (χ4v) is 2.12. The van der Waals surface area contributed by atoms with E-state index in [2.05, 4.69) is 20.4 Å². The summed E-state index contributed by atoms with van der Waals surface area (Å²) in [5, 5.41) is 7.66. The standard InChI is InChI=1S/C14H13N5O/c1-9-11(6-5-10-4-3-7-15-12(9)10)13(20)18-14-16-8-17-19(14)2/h3-8H,1-2H3,(H,16,17,18,20). The van der Waals surface area contributed by atoms with E-state index in [0.29, 0.717) is 11.5 Å². The zero-order valence-corrected chi connectivity index (χ0v) is 11.2. The van der Waals surface area contributed by atoms with Crippen LogP contribution in [0.1, 0.15) is 15.9 Å². The Hall–Kier alpha value is -2.76. The summed E-state index contributed by atoms with van der Waals surface area (Å²) in [6.07, 6.45) is 3.12. The van der Waals surface area contributed by atoms with Crippen LogP contribution in [0.3, 0.4) is 0 Å². The van der Waals surface area contributed by atoms with Gasteiger partial charge in [-0.3, -0.25) is 15.1 Å². The highest BCUT2D eigenvalue weighted by Crippen LogP contribution is 2.20. The van der Waals surface area contributed by atoms with Crippen LogP contribution >= 0.6 is 0 Å². The van der Waals surface area contributed by atoms with Gasteiger partial charge in [0, 0.05) is 24.2 Å². The Kier molecular flexibility index (Phi) is 2.90. The maximum atomic E-state index is 12.3. The molecule has 0 aliphatic carbocycles. The Morgan fingerprint density at radius 2 is 2.10 bits per heavy atom. The molecule has 2 heterocycles. The second-order valence-corrected chi connectivity index (χ2v) is 4.47. The first kappa shape index (κ1) is 12.3. The molecule has 1 amide bonds. The summed E-state index contributed by atoms with van der Waals surface area (Å²) in [5.74, 6) is 0.196.